The van der Waals surface area contributed by atoms with Crippen LogP contribution in [-0.2, 0) is 9.59 Å². The van der Waals surface area contributed by atoms with Gasteiger partial charge in [-0.25, -0.2) is 0 Å². The number of hydrogen-bond donors (Lipinski definition) is 0. The van der Waals surface area contributed by atoms with E-state index in [0.29, 0.717) is 6.42 Å². The van der Waals surface area contributed by atoms with Crippen LogP contribution < -0.4 is 0 Å². The highest BCUT2D eigenvalue weighted by atomic mass is 16.1. The van der Waals surface area contributed by atoms with Crippen molar-refractivity contribution < 1.29 is 9.59 Å². The van der Waals surface area contributed by atoms with E-state index >= 15 is 0 Å². The first-order valence-corrected chi connectivity index (χ1v) is 10.8. The molecule has 2 aliphatic rings. The third-order valence-electron chi connectivity index (χ3n) is 6.22. The SMILES string of the molecule is O=C1/C(=C/c2ccccc2)CCCC1CC1CCC/C(=C\c2ccccc2)C1=O. The van der Waals surface area contributed by atoms with Gasteiger partial charge in [-0.2, -0.15) is 0 Å². The van der Waals surface area contributed by atoms with Gasteiger partial charge in [0.1, 0.15) is 0 Å². The molecule has 2 unspecified atom stereocenters. The standard InChI is InChI=1S/C27H28O2/c28-26-22(17-20-9-3-1-4-10-20)13-7-15-24(26)19-25-16-8-14-23(27(25)29)18-21-11-5-2-6-12-21/h1-6,9-12,17-18,24-25H,7-8,13-16,19H2/b22-17+,23-18+. The maximum absolute atomic E-state index is 13.1. The molecule has 2 atom stereocenters. The van der Waals surface area contributed by atoms with Crippen molar-refractivity contribution in [1.82, 2.24) is 0 Å². The Morgan fingerprint density at radius 2 is 1.07 bits per heavy atom. The van der Waals surface area contributed by atoms with Gasteiger partial charge in [0.25, 0.3) is 0 Å². The summed E-state index contributed by atoms with van der Waals surface area (Å²) < 4.78 is 0. The molecular weight excluding hydrogens is 356 g/mol. The number of carbonyl (C=O) groups is 2. The first kappa shape index (κ1) is 19.6. The van der Waals surface area contributed by atoms with Crippen LogP contribution in [0.4, 0.5) is 0 Å². The predicted molar refractivity (Wildman–Crippen MR) is 118 cm³/mol. The fourth-order valence-corrected chi connectivity index (χ4v) is 4.69. The number of allylic oxidation sites excluding steroid dienone is 2. The van der Waals surface area contributed by atoms with Crippen molar-refractivity contribution >= 4 is 23.7 Å². The maximum Gasteiger partial charge on any atom is 0.161 e. The van der Waals surface area contributed by atoms with Gasteiger partial charge >= 0.3 is 0 Å². The number of ketones is 2. The summed E-state index contributed by atoms with van der Waals surface area (Å²) in [5.74, 6) is 0.492. The van der Waals surface area contributed by atoms with Crippen LogP contribution in [0.2, 0.25) is 0 Å². The molecule has 2 nitrogen and oxygen atoms in total. The van der Waals surface area contributed by atoms with E-state index in [1.165, 1.54) is 0 Å². The van der Waals surface area contributed by atoms with Crippen molar-refractivity contribution in [2.75, 3.05) is 0 Å². The Bertz CT molecular complexity index is 844. The van der Waals surface area contributed by atoms with Gasteiger partial charge in [-0.1, -0.05) is 60.7 Å². The zero-order valence-electron chi connectivity index (χ0n) is 16.8. The molecule has 2 heteroatoms. The topological polar surface area (TPSA) is 34.1 Å². The summed E-state index contributed by atoms with van der Waals surface area (Å²) >= 11 is 0. The van der Waals surface area contributed by atoms with Crippen LogP contribution >= 0.6 is 0 Å². The first-order valence-electron chi connectivity index (χ1n) is 10.8. The average Bonchev–Trinajstić information content (AvgIpc) is 2.75. The molecular formula is C27H28O2. The Kier molecular flexibility index (Phi) is 6.19. The molecule has 148 valence electrons. The maximum atomic E-state index is 13.1. The molecule has 2 fully saturated rings. The lowest BCUT2D eigenvalue weighted by Gasteiger charge is -2.29. The van der Waals surface area contributed by atoms with Gasteiger partial charge in [0.15, 0.2) is 11.6 Å². The molecule has 0 bridgehead atoms. The molecule has 0 N–H and O–H groups in total. The van der Waals surface area contributed by atoms with Gasteiger partial charge in [0.05, 0.1) is 0 Å². The van der Waals surface area contributed by atoms with Gasteiger partial charge in [-0.3, -0.25) is 9.59 Å². The molecule has 0 spiro atoms. The second kappa shape index (κ2) is 9.17. The Labute approximate surface area is 173 Å². The van der Waals surface area contributed by atoms with E-state index in [9.17, 15) is 9.59 Å². The highest BCUT2D eigenvalue weighted by Gasteiger charge is 2.33. The van der Waals surface area contributed by atoms with E-state index in [-0.39, 0.29) is 23.4 Å². The molecule has 0 heterocycles. The summed E-state index contributed by atoms with van der Waals surface area (Å²) in [6.07, 6.45) is 10.4. The predicted octanol–water partition coefficient (Wildman–Crippen LogP) is 6.28. The van der Waals surface area contributed by atoms with Crippen molar-refractivity contribution in [3.63, 3.8) is 0 Å². The van der Waals surface area contributed by atoms with Crippen LogP contribution in [0.3, 0.4) is 0 Å². The molecule has 2 aromatic carbocycles. The fraction of sp³-hybridized carbons (Fsp3) is 0.333. The van der Waals surface area contributed by atoms with E-state index in [0.717, 1.165) is 60.8 Å². The van der Waals surface area contributed by atoms with Crippen LogP contribution in [0.1, 0.15) is 56.1 Å². The van der Waals surface area contributed by atoms with Crippen molar-refractivity contribution in [3.05, 3.63) is 82.9 Å². The van der Waals surface area contributed by atoms with E-state index < -0.39 is 0 Å². The molecule has 0 aliphatic heterocycles. The molecule has 0 aromatic heterocycles. The minimum absolute atomic E-state index is 0.0104. The summed E-state index contributed by atoms with van der Waals surface area (Å²) in [5.41, 5.74) is 4.02. The highest BCUT2D eigenvalue weighted by Crippen LogP contribution is 2.36. The number of rotatable bonds is 4. The lowest BCUT2D eigenvalue weighted by Crippen LogP contribution is -2.29. The molecule has 0 saturated heterocycles. The quantitative estimate of drug-likeness (QED) is 0.581. The minimum atomic E-state index is -0.0104. The van der Waals surface area contributed by atoms with E-state index in [4.69, 9.17) is 0 Å². The van der Waals surface area contributed by atoms with E-state index in [1.807, 2.05) is 72.8 Å². The molecule has 0 amide bonds. The summed E-state index contributed by atoms with van der Waals surface area (Å²) in [4.78, 5) is 26.2. The second-order valence-electron chi connectivity index (χ2n) is 8.30. The van der Waals surface area contributed by atoms with Crippen molar-refractivity contribution in [2.45, 2.75) is 44.9 Å². The Balaban J connectivity index is 1.46. The fourth-order valence-electron chi connectivity index (χ4n) is 4.69. The molecule has 2 aromatic rings. The molecule has 0 radical (unpaired) electrons. The molecule has 4 rings (SSSR count). The first-order chi connectivity index (χ1) is 14.2. The van der Waals surface area contributed by atoms with Crippen molar-refractivity contribution in [1.29, 1.82) is 0 Å². The summed E-state index contributed by atoms with van der Waals surface area (Å²) in [7, 11) is 0. The normalized spacial score (nSPS) is 25.5. The molecule has 29 heavy (non-hydrogen) atoms. The van der Waals surface area contributed by atoms with E-state index in [1.54, 1.807) is 0 Å². The average molecular weight is 385 g/mol. The summed E-state index contributed by atoms with van der Waals surface area (Å²) in [6, 6.07) is 20.1. The van der Waals surface area contributed by atoms with Crippen LogP contribution in [-0.4, -0.2) is 11.6 Å². The largest absolute Gasteiger partial charge is 0.294 e. The Hall–Kier alpha value is -2.74. The zero-order chi connectivity index (χ0) is 20.1. The Morgan fingerprint density at radius 3 is 1.48 bits per heavy atom. The van der Waals surface area contributed by atoms with Crippen LogP contribution in [0.15, 0.2) is 71.8 Å². The third-order valence-corrected chi connectivity index (χ3v) is 6.22. The minimum Gasteiger partial charge on any atom is -0.294 e. The summed E-state index contributed by atoms with van der Waals surface area (Å²) in [5, 5.41) is 0. The van der Waals surface area contributed by atoms with Crippen LogP contribution in [0.25, 0.3) is 12.2 Å². The zero-order valence-corrected chi connectivity index (χ0v) is 16.8. The van der Waals surface area contributed by atoms with Crippen molar-refractivity contribution in [2.24, 2.45) is 11.8 Å². The van der Waals surface area contributed by atoms with Gasteiger partial charge in [-0.15, -0.1) is 0 Å². The van der Waals surface area contributed by atoms with Crippen LogP contribution in [0.5, 0.6) is 0 Å². The lowest BCUT2D eigenvalue weighted by molar-refractivity contribution is -0.124. The number of carbonyl (C=O) groups excluding carboxylic acids is 2. The lowest BCUT2D eigenvalue weighted by atomic mass is 9.73. The number of Topliss-reactive ketones (excluding diaryl/α,β-unsaturated/α-hetero) is 2. The van der Waals surface area contributed by atoms with Gasteiger partial charge in [0.2, 0.25) is 0 Å². The van der Waals surface area contributed by atoms with E-state index in [2.05, 4.69) is 0 Å². The number of benzene rings is 2. The van der Waals surface area contributed by atoms with Gasteiger partial charge in [-0.05, 0) is 79.4 Å². The van der Waals surface area contributed by atoms with Gasteiger partial charge < -0.3 is 0 Å². The summed E-state index contributed by atoms with van der Waals surface area (Å²) in [6.45, 7) is 0. The smallest absolute Gasteiger partial charge is 0.161 e. The molecule has 2 saturated carbocycles. The highest BCUT2D eigenvalue weighted by molar-refractivity contribution is 6.04. The van der Waals surface area contributed by atoms with Gasteiger partial charge in [0, 0.05) is 11.8 Å². The molecule has 2 aliphatic carbocycles. The third kappa shape index (κ3) is 4.82. The number of hydrogen-bond acceptors (Lipinski definition) is 2. The Morgan fingerprint density at radius 1 is 0.655 bits per heavy atom. The van der Waals surface area contributed by atoms with Crippen LogP contribution in [0, 0.1) is 11.8 Å². The second-order valence-corrected chi connectivity index (χ2v) is 8.30. The van der Waals surface area contributed by atoms with Crippen molar-refractivity contribution in [3.8, 4) is 0 Å². The monoisotopic (exact) mass is 384 g/mol.